The second-order valence-corrected chi connectivity index (χ2v) is 6.82. The molecule has 0 saturated heterocycles. The molecule has 0 aliphatic heterocycles. The van der Waals surface area contributed by atoms with Gasteiger partial charge in [-0.25, -0.2) is 14.2 Å². The number of halogens is 2. The minimum absolute atomic E-state index is 0.251. The third-order valence-electron chi connectivity index (χ3n) is 4.70. The summed E-state index contributed by atoms with van der Waals surface area (Å²) in [7, 11) is 0. The number of carbonyl (C=O) groups excluding carboxylic acids is 1. The fourth-order valence-corrected chi connectivity index (χ4v) is 3.10. The van der Waals surface area contributed by atoms with Gasteiger partial charge in [0.2, 0.25) is 0 Å². The Kier molecular flexibility index (Phi) is 5.98. The summed E-state index contributed by atoms with van der Waals surface area (Å²) in [5, 5.41) is 5.96. The molecule has 0 aliphatic rings. The van der Waals surface area contributed by atoms with Crippen LogP contribution in [-0.4, -0.2) is 12.1 Å². The van der Waals surface area contributed by atoms with Crippen LogP contribution in [-0.2, 0) is 6.61 Å². The van der Waals surface area contributed by atoms with Crippen LogP contribution in [0.2, 0.25) is 0 Å². The summed E-state index contributed by atoms with van der Waals surface area (Å²) in [4.78, 5) is 12.2. The molecule has 154 valence electrons. The van der Waals surface area contributed by atoms with Gasteiger partial charge in [-0.3, -0.25) is 4.79 Å². The molecule has 0 spiro atoms. The topological polar surface area (TPSA) is 50.7 Å². The Morgan fingerprint density at radius 2 is 1.55 bits per heavy atom. The molecule has 0 saturated carbocycles. The van der Waals surface area contributed by atoms with Gasteiger partial charge >= 0.3 is 0 Å². The highest BCUT2D eigenvalue weighted by Gasteiger charge is 2.09. The summed E-state index contributed by atoms with van der Waals surface area (Å²) in [6.07, 6.45) is 1.52. The van der Waals surface area contributed by atoms with Gasteiger partial charge in [0, 0.05) is 11.1 Å². The molecule has 4 rings (SSSR count). The number of nitrogens with zero attached hydrogens (tertiary/aromatic N) is 1. The number of nitrogens with one attached hydrogen (secondary N) is 1. The van der Waals surface area contributed by atoms with E-state index in [2.05, 4.69) is 10.5 Å². The number of hydrogen-bond donors (Lipinski definition) is 1. The summed E-state index contributed by atoms with van der Waals surface area (Å²) < 4.78 is 32.1. The van der Waals surface area contributed by atoms with Crippen molar-refractivity contribution in [3.05, 3.63) is 113 Å². The van der Waals surface area contributed by atoms with E-state index in [1.54, 1.807) is 12.1 Å². The number of amides is 1. The Labute approximate surface area is 177 Å². The lowest BCUT2D eigenvalue weighted by Crippen LogP contribution is -2.17. The zero-order valence-corrected chi connectivity index (χ0v) is 16.4. The Bertz CT molecular complexity index is 1240. The lowest BCUT2D eigenvalue weighted by Gasteiger charge is -2.12. The lowest BCUT2D eigenvalue weighted by molar-refractivity contribution is 0.0955. The number of rotatable bonds is 6. The minimum Gasteiger partial charge on any atom is -0.488 e. The summed E-state index contributed by atoms with van der Waals surface area (Å²) in [5.74, 6) is -0.606. The van der Waals surface area contributed by atoms with Crippen LogP contribution in [0, 0.1) is 11.6 Å². The largest absolute Gasteiger partial charge is 0.488 e. The van der Waals surface area contributed by atoms with Gasteiger partial charge in [-0.1, -0.05) is 42.5 Å². The van der Waals surface area contributed by atoms with Crippen LogP contribution in [0.1, 0.15) is 21.5 Å². The number of ether oxygens (including phenoxy) is 1. The number of benzene rings is 4. The fourth-order valence-electron chi connectivity index (χ4n) is 3.10. The Morgan fingerprint density at radius 3 is 2.29 bits per heavy atom. The Hall–Kier alpha value is -4.06. The normalized spacial score (nSPS) is 11.0. The first-order valence-electron chi connectivity index (χ1n) is 9.58. The molecule has 0 radical (unpaired) electrons. The maximum absolute atomic E-state index is 13.1. The van der Waals surface area contributed by atoms with Gasteiger partial charge < -0.3 is 4.74 Å². The number of carbonyl (C=O) groups is 1. The van der Waals surface area contributed by atoms with E-state index in [-0.39, 0.29) is 12.4 Å². The average molecular weight is 416 g/mol. The summed E-state index contributed by atoms with van der Waals surface area (Å²) in [6.45, 7) is 0.251. The molecule has 0 heterocycles. The first kappa shape index (κ1) is 20.2. The van der Waals surface area contributed by atoms with Crippen LogP contribution in [0.5, 0.6) is 5.75 Å². The molecule has 4 aromatic carbocycles. The fraction of sp³-hybridized carbons (Fsp3) is 0.0400. The van der Waals surface area contributed by atoms with Crippen LogP contribution in [0.25, 0.3) is 10.8 Å². The van der Waals surface area contributed by atoms with Gasteiger partial charge in [0.15, 0.2) is 0 Å². The van der Waals surface area contributed by atoms with Gasteiger partial charge in [0.05, 0.1) is 6.21 Å². The number of hydrazone groups is 1. The van der Waals surface area contributed by atoms with E-state index >= 15 is 0 Å². The van der Waals surface area contributed by atoms with Crippen molar-refractivity contribution in [2.24, 2.45) is 5.10 Å². The van der Waals surface area contributed by atoms with Crippen LogP contribution < -0.4 is 10.2 Å². The first-order valence-corrected chi connectivity index (χ1v) is 9.58. The third kappa shape index (κ3) is 4.93. The van der Waals surface area contributed by atoms with Crippen molar-refractivity contribution in [2.75, 3.05) is 0 Å². The second kappa shape index (κ2) is 9.17. The van der Waals surface area contributed by atoms with Crippen LogP contribution in [0.3, 0.4) is 0 Å². The van der Waals surface area contributed by atoms with Crippen molar-refractivity contribution >= 4 is 22.9 Å². The molecule has 31 heavy (non-hydrogen) atoms. The average Bonchev–Trinajstić information content (AvgIpc) is 2.79. The van der Waals surface area contributed by atoms with Crippen molar-refractivity contribution in [3.8, 4) is 5.75 Å². The van der Waals surface area contributed by atoms with E-state index in [0.717, 1.165) is 16.3 Å². The molecular formula is C25H18F2N2O2. The van der Waals surface area contributed by atoms with E-state index in [9.17, 15) is 13.6 Å². The van der Waals surface area contributed by atoms with Gasteiger partial charge in [-0.2, -0.15) is 5.10 Å². The monoisotopic (exact) mass is 416 g/mol. The zero-order chi connectivity index (χ0) is 21.6. The highest BCUT2D eigenvalue weighted by atomic mass is 19.1. The zero-order valence-electron chi connectivity index (χ0n) is 16.4. The van der Waals surface area contributed by atoms with Gasteiger partial charge in [0.25, 0.3) is 5.91 Å². The Morgan fingerprint density at radius 1 is 0.871 bits per heavy atom. The van der Waals surface area contributed by atoms with E-state index < -0.39 is 11.7 Å². The van der Waals surface area contributed by atoms with Crippen molar-refractivity contribution < 1.29 is 18.3 Å². The maximum atomic E-state index is 13.1. The summed E-state index contributed by atoms with van der Waals surface area (Å²) >= 11 is 0. The molecule has 4 aromatic rings. The molecule has 6 heteroatoms. The molecule has 0 atom stereocenters. The van der Waals surface area contributed by atoms with Crippen molar-refractivity contribution in [3.63, 3.8) is 0 Å². The first-order chi connectivity index (χ1) is 15.1. The molecule has 1 amide bonds. The maximum Gasteiger partial charge on any atom is 0.271 e. The van der Waals surface area contributed by atoms with E-state index in [0.29, 0.717) is 16.9 Å². The molecule has 4 nitrogen and oxygen atoms in total. The quantitative estimate of drug-likeness (QED) is 0.335. The third-order valence-corrected chi connectivity index (χ3v) is 4.70. The molecule has 0 bridgehead atoms. The van der Waals surface area contributed by atoms with Crippen LogP contribution in [0.15, 0.2) is 90.0 Å². The summed E-state index contributed by atoms with van der Waals surface area (Å²) in [6, 6.07) is 22.8. The molecule has 0 unspecified atom stereocenters. The van der Waals surface area contributed by atoms with Gasteiger partial charge in [-0.15, -0.1) is 0 Å². The predicted octanol–water partition coefficient (Wildman–Crippen LogP) is 5.46. The second-order valence-electron chi connectivity index (χ2n) is 6.82. The van der Waals surface area contributed by atoms with E-state index in [1.807, 2.05) is 36.4 Å². The number of hydrogen-bond acceptors (Lipinski definition) is 3. The standard InChI is InChI=1S/C25H18F2N2O2/c26-20-10-5-17(6-11-20)16-31-24-14-9-18-3-1-2-4-22(18)23(24)15-28-29-25(30)19-7-12-21(27)13-8-19/h1-15H,16H2,(H,29,30)/b28-15-. The molecule has 1 N–H and O–H groups in total. The summed E-state index contributed by atoms with van der Waals surface area (Å²) in [5.41, 5.74) is 4.26. The predicted molar refractivity (Wildman–Crippen MR) is 116 cm³/mol. The molecular weight excluding hydrogens is 398 g/mol. The van der Waals surface area contributed by atoms with Crippen molar-refractivity contribution in [1.82, 2.24) is 5.43 Å². The smallest absolute Gasteiger partial charge is 0.271 e. The molecule has 0 fully saturated rings. The highest BCUT2D eigenvalue weighted by molar-refractivity contribution is 6.03. The SMILES string of the molecule is O=C(N/N=C\c1c(OCc2ccc(F)cc2)ccc2ccccc12)c1ccc(F)cc1. The molecule has 0 aliphatic carbocycles. The van der Waals surface area contributed by atoms with E-state index in [4.69, 9.17) is 4.74 Å². The van der Waals surface area contributed by atoms with Gasteiger partial charge in [-0.05, 0) is 58.8 Å². The Balaban J connectivity index is 1.57. The van der Waals surface area contributed by atoms with Crippen molar-refractivity contribution in [1.29, 1.82) is 0 Å². The highest BCUT2D eigenvalue weighted by Crippen LogP contribution is 2.27. The van der Waals surface area contributed by atoms with Crippen LogP contribution in [0.4, 0.5) is 8.78 Å². The van der Waals surface area contributed by atoms with E-state index in [1.165, 1.54) is 42.6 Å². The van der Waals surface area contributed by atoms with Crippen molar-refractivity contribution in [2.45, 2.75) is 6.61 Å². The van der Waals surface area contributed by atoms with Crippen LogP contribution >= 0.6 is 0 Å². The number of fused-ring (bicyclic) bond motifs is 1. The minimum atomic E-state index is -0.453. The van der Waals surface area contributed by atoms with Gasteiger partial charge in [0.1, 0.15) is 24.0 Å². The lowest BCUT2D eigenvalue weighted by atomic mass is 10.0. The molecule has 0 aromatic heterocycles.